The van der Waals surface area contributed by atoms with Gasteiger partial charge in [0.1, 0.15) is 6.04 Å². The number of piperidine rings is 1. The molecule has 3 N–H and O–H groups in total. The Balaban J connectivity index is 2.62. The number of hydrogen-bond donors (Lipinski definition) is 3. The van der Waals surface area contributed by atoms with Crippen molar-refractivity contribution < 1.29 is 14.7 Å². The van der Waals surface area contributed by atoms with Crippen molar-refractivity contribution in [3.63, 3.8) is 0 Å². The Labute approximate surface area is 118 Å². The average Bonchev–Trinajstić information content (AvgIpc) is 2.33. The van der Waals surface area contributed by atoms with Gasteiger partial charge in [0.2, 0.25) is 5.91 Å². The summed E-state index contributed by atoms with van der Waals surface area (Å²) in [4.78, 5) is 23.4. The molecule has 0 bridgehead atoms. The van der Waals surface area contributed by atoms with Crippen molar-refractivity contribution in [3.8, 4) is 0 Å². The zero-order valence-corrected chi connectivity index (χ0v) is 12.7. The lowest BCUT2D eigenvalue weighted by Gasteiger charge is -2.38. The molecule has 1 aliphatic heterocycles. The molecule has 1 fully saturated rings. The minimum Gasteiger partial charge on any atom is -0.480 e. The van der Waals surface area contributed by atoms with Crippen molar-refractivity contribution in [2.45, 2.75) is 45.2 Å². The zero-order valence-electron chi connectivity index (χ0n) is 11.9. The summed E-state index contributed by atoms with van der Waals surface area (Å²) in [6, 6.07) is -1.10. The Morgan fingerprint density at radius 3 is 2.74 bits per heavy atom. The predicted octanol–water partition coefficient (Wildman–Crippen LogP) is 1.09. The number of carbonyl (C=O) groups is 2. The van der Waals surface area contributed by atoms with E-state index >= 15 is 0 Å². The quantitative estimate of drug-likeness (QED) is 0.682. The Morgan fingerprint density at radius 1 is 1.53 bits per heavy atom. The van der Waals surface area contributed by atoms with Gasteiger partial charge in [0.15, 0.2) is 0 Å². The smallest absolute Gasteiger partial charge is 0.326 e. The normalized spacial score (nSPS) is 23.6. The first-order valence-corrected chi connectivity index (χ1v) is 8.03. The molecule has 110 valence electrons. The first-order valence-electron chi connectivity index (χ1n) is 6.64. The van der Waals surface area contributed by atoms with Crippen molar-refractivity contribution in [3.05, 3.63) is 0 Å². The molecule has 0 aromatic carbocycles. The maximum atomic E-state index is 12.2. The Morgan fingerprint density at radius 2 is 2.21 bits per heavy atom. The van der Waals surface area contributed by atoms with Gasteiger partial charge in [-0.3, -0.25) is 4.79 Å². The van der Waals surface area contributed by atoms with Crippen molar-refractivity contribution in [1.82, 2.24) is 10.6 Å². The van der Waals surface area contributed by atoms with Crippen molar-refractivity contribution >= 4 is 23.6 Å². The maximum absolute atomic E-state index is 12.2. The van der Waals surface area contributed by atoms with Gasteiger partial charge in [0.25, 0.3) is 0 Å². The van der Waals surface area contributed by atoms with Crippen LogP contribution in [-0.4, -0.2) is 47.6 Å². The molecule has 2 atom stereocenters. The average molecular weight is 288 g/mol. The number of hydrogen-bond acceptors (Lipinski definition) is 4. The molecule has 0 aromatic rings. The molecule has 0 aliphatic carbocycles. The van der Waals surface area contributed by atoms with Crippen LogP contribution in [0, 0.1) is 5.41 Å². The van der Waals surface area contributed by atoms with E-state index in [4.69, 9.17) is 5.11 Å². The largest absolute Gasteiger partial charge is 0.480 e. The summed E-state index contributed by atoms with van der Waals surface area (Å²) in [7, 11) is 0. The van der Waals surface area contributed by atoms with Gasteiger partial charge in [-0.15, -0.1) is 0 Å². The molecular formula is C13H24N2O3S. The molecule has 1 saturated heterocycles. The number of carboxylic acids is 1. The molecule has 1 aliphatic rings. The van der Waals surface area contributed by atoms with Gasteiger partial charge in [-0.05, 0) is 43.2 Å². The van der Waals surface area contributed by atoms with E-state index in [2.05, 4.69) is 10.6 Å². The van der Waals surface area contributed by atoms with Crippen LogP contribution in [0.4, 0.5) is 0 Å². The summed E-state index contributed by atoms with van der Waals surface area (Å²) in [5.74, 6) is -0.437. The number of carboxylic acid groups (broad SMARTS) is 1. The van der Waals surface area contributed by atoms with Crippen LogP contribution in [-0.2, 0) is 9.59 Å². The fourth-order valence-corrected chi connectivity index (χ4v) is 2.88. The van der Waals surface area contributed by atoms with E-state index in [9.17, 15) is 9.59 Å². The van der Waals surface area contributed by atoms with Crippen LogP contribution in [0.5, 0.6) is 0 Å². The summed E-state index contributed by atoms with van der Waals surface area (Å²) in [5.41, 5.74) is -0.134. The molecule has 1 rings (SSSR count). The number of nitrogens with one attached hydrogen (secondary N) is 2. The Hall–Kier alpha value is -0.750. The number of aliphatic carboxylic acids is 1. The van der Waals surface area contributed by atoms with Crippen molar-refractivity contribution in [1.29, 1.82) is 0 Å². The van der Waals surface area contributed by atoms with Crippen LogP contribution in [0.15, 0.2) is 0 Å². The summed E-state index contributed by atoms with van der Waals surface area (Å²) < 4.78 is 0. The van der Waals surface area contributed by atoms with Crippen molar-refractivity contribution in [2.24, 2.45) is 5.41 Å². The van der Waals surface area contributed by atoms with Crippen LogP contribution >= 0.6 is 11.8 Å². The SMILES string of the molecule is CSCCC(NC(=O)C1NCCCC1(C)C)C(=O)O. The summed E-state index contributed by atoms with van der Waals surface area (Å²) in [6.45, 7) is 4.90. The molecule has 19 heavy (non-hydrogen) atoms. The van der Waals surface area contributed by atoms with Gasteiger partial charge in [-0.2, -0.15) is 11.8 Å². The molecule has 5 nitrogen and oxygen atoms in total. The molecule has 0 saturated carbocycles. The van der Waals surface area contributed by atoms with E-state index in [1.165, 1.54) is 0 Å². The number of carbonyl (C=O) groups excluding carboxylic acids is 1. The second-order valence-corrected chi connectivity index (χ2v) is 6.65. The van der Waals surface area contributed by atoms with Gasteiger partial charge in [-0.1, -0.05) is 13.8 Å². The molecule has 1 amide bonds. The monoisotopic (exact) mass is 288 g/mol. The minimum absolute atomic E-state index is 0.134. The van der Waals surface area contributed by atoms with Gasteiger partial charge in [0, 0.05) is 0 Å². The Bertz CT molecular complexity index is 334. The summed E-state index contributed by atoms with van der Waals surface area (Å²) in [6.07, 6.45) is 4.40. The van der Waals surface area contributed by atoms with E-state index in [-0.39, 0.29) is 17.4 Å². The van der Waals surface area contributed by atoms with Gasteiger partial charge < -0.3 is 15.7 Å². The van der Waals surface area contributed by atoms with E-state index in [0.717, 1.165) is 25.1 Å². The topological polar surface area (TPSA) is 78.4 Å². The third kappa shape index (κ3) is 4.69. The molecular weight excluding hydrogens is 264 g/mol. The third-order valence-electron chi connectivity index (χ3n) is 3.62. The molecule has 1 heterocycles. The second-order valence-electron chi connectivity index (χ2n) is 5.66. The number of rotatable bonds is 6. The van der Waals surface area contributed by atoms with Gasteiger partial charge in [0.05, 0.1) is 6.04 Å². The lowest BCUT2D eigenvalue weighted by atomic mass is 9.77. The highest BCUT2D eigenvalue weighted by molar-refractivity contribution is 7.98. The lowest BCUT2D eigenvalue weighted by molar-refractivity contribution is -0.142. The first-order chi connectivity index (χ1) is 8.88. The molecule has 6 heteroatoms. The maximum Gasteiger partial charge on any atom is 0.326 e. The van der Waals surface area contributed by atoms with Crippen LogP contribution in [0.1, 0.15) is 33.1 Å². The van der Waals surface area contributed by atoms with Crippen LogP contribution in [0.25, 0.3) is 0 Å². The molecule has 0 spiro atoms. The molecule has 0 radical (unpaired) electrons. The second kappa shape index (κ2) is 7.14. The van der Waals surface area contributed by atoms with E-state index in [1.54, 1.807) is 11.8 Å². The minimum atomic E-state index is -0.962. The highest BCUT2D eigenvalue weighted by Gasteiger charge is 2.38. The molecule has 0 aromatic heterocycles. The predicted molar refractivity (Wildman–Crippen MR) is 77.4 cm³/mol. The molecule has 2 unspecified atom stereocenters. The van der Waals surface area contributed by atoms with Crippen molar-refractivity contribution in [2.75, 3.05) is 18.6 Å². The fraction of sp³-hybridized carbons (Fsp3) is 0.846. The first kappa shape index (κ1) is 16.3. The fourth-order valence-electron chi connectivity index (χ4n) is 2.41. The summed E-state index contributed by atoms with van der Waals surface area (Å²) >= 11 is 1.58. The van der Waals surface area contributed by atoms with E-state index in [0.29, 0.717) is 6.42 Å². The van der Waals surface area contributed by atoms with Crippen LogP contribution in [0.3, 0.4) is 0 Å². The summed E-state index contributed by atoms with van der Waals surface area (Å²) in [5, 5.41) is 15.0. The van der Waals surface area contributed by atoms with E-state index < -0.39 is 12.0 Å². The van der Waals surface area contributed by atoms with E-state index in [1.807, 2.05) is 20.1 Å². The van der Waals surface area contributed by atoms with Gasteiger partial charge in [-0.25, -0.2) is 4.79 Å². The highest BCUT2D eigenvalue weighted by atomic mass is 32.2. The van der Waals surface area contributed by atoms with Crippen LogP contribution < -0.4 is 10.6 Å². The zero-order chi connectivity index (χ0) is 14.5. The third-order valence-corrected chi connectivity index (χ3v) is 4.26. The highest BCUT2D eigenvalue weighted by Crippen LogP contribution is 2.30. The Kier molecular flexibility index (Phi) is 6.13. The van der Waals surface area contributed by atoms with Gasteiger partial charge >= 0.3 is 5.97 Å². The van der Waals surface area contributed by atoms with Crippen LogP contribution in [0.2, 0.25) is 0 Å². The lowest BCUT2D eigenvalue weighted by Crippen LogP contribution is -2.58. The standard InChI is InChI=1S/C13H24N2O3S/c1-13(2)6-4-7-14-10(13)11(16)15-9(12(17)18)5-8-19-3/h9-10,14H,4-8H2,1-3H3,(H,15,16)(H,17,18). The number of amides is 1. The number of thioether (sulfide) groups is 1.